The lowest BCUT2D eigenvalue weighted by atomic mass is 9.96. The number of rotatable bonds is 3. The zero-order valence-electron chi connectivity index (χ0n) is 10.4. The molecule has 0 N–H and O–H groups in total. The van der Waals surface area contributed by atoms with E-state index in [1.807, 2.05) is 0 Å². The summed E-state index contributed by atoms with van der Waals surface area (Å²) >= 11 is 0. The minimum absolute atomic E-state index is 0.0532. The van der Waals surface area contributed by atoms with Gasteiger partial charge in [-0.15, -0.1) is 0 Å². The summed E-state index contributed by atoms with van der Waals surface area (Å²) in [5.74, 6) is -0.644. The van der Waals surface area contributed by atoms with Crippen molar-refractivity contribution in [3.63, 3.8) is 0 Å². The quantitative estimate of drug-likeness (QED) is 0.595. The van der Waals surface area contributed by atoms with Crippen LogP contribution in [0, 0.1) is 0 Å². The van der Waals surface area contributed by atoms with Crippen LogP contribution in [0.15, 0.2) is 66.7 Å². The van der Waals surface area contributed by atoms with Crippen molar-refractivity contribution in [3.05, 3.63) is 77.9 Å². The van der Waals surface area contributed by atoms with E-state index >= 15 is 0 Å². The molecule has 2 aromatic rings. The van der Waals surface area contributed by atoms with E-state index in [0.717, 1.165) is 0 Å². The molecule has 0 saturated carbocycles. The highest BCUT2D eigenvalue weighted by molar-refractivity contribution is 6.29. The van der Waals surface area contributed by atoms with E-state index in [1.165, 1.54) is 24.3 Å². The van der Waals surface area contributed by atoms with Gasteiger partial charge in [-0.05, 0) is 5.56 Å². The fourth-order valence-electron chi connectivity index (χ4n) is 1.81. The molecular weight excluding hydrogens is 265 g/mol. The third-order valence-electron chi connectivity index (χ3n) is 2.67. The van der Waals surface area contributed by atoms with Gasteiger partial charge in [-0.2, -0.15) is 13.2 Å². The average molecular weight is 276 g/mol. The zero-order valence-corrected chi connectivity index (χ0v) is 10.4. The number of hydrogen-bond acceptors (Lipinski definition) is 1. The van der Waals surface area contributed by atoms with Crippen LogP contribution in [0.3, 0.4) is 0 Å². The fraction of sp³-hybridized carbons (Fsp3) is 0.0625. The van der Waals surface area contributed by atoms with Gasteiger partial charge in [0.2, 0.25) is 0 Å². The molecule has 0 aliphatic heterocycles. The van der Waals surface area contributed by atoms with E-state index in [1.54, 1.807) is 36.4 Å². The van der Waals surface area contributed by atoms with Gasteiger partial charge in [-0.3, -0.25) is 4.79 Å². The van der Waals surface area contributed by atoms with E-state index in [-0.39, 0.29) is 22.8 Å². The number of Topliss-reactive ketones (excluding diaryl/α,β-unsaturated/α-hetero) is 1. The van der Waals surface area contributed by atoms with Crippen LogP contribution in [0.4, 0.5) is 13.2 Å². The van der Waals surface area contributed by atoms with E-state index < -0.39 is 12.0 Å². The first-order valence-corrected chi connectivity index (χ1v) is 5.92. The van der Waals surface area contributed by atoms with Gasteiger partial charge < -0.3 is 0 Å². The lowest BCUT2D eigenvalue weighted by molar-refractivity contribution is -0.0793. The highest BCUT2D eigenvalue weighted by atomic mass is 19.4. The van der Waals surface area contributed by atoms with Crippen LogP contribution < -0.4 is 0 Å². The molecule has 0 aliphatic carbocycles. The Labute approximate surface area is 114 Å². The summed E-state index contributed by atoms with van der Waals surface area (Å²) < 4.78 is 37.9. The van der Waals surface area contributed by atoms with Gasteiger partial charge >= 0.3 is 6.18 Å². The number of benzene rings is 2. The first-order valence-electron chi connectivity index (χ1n) is 5.92. The third-order valence-corrected chi connectivity index (χ3v) is 2.67. The topological polar surface area (TPSA) is 17.1 Å². The van der Waals surface area contributed by atoms with Crippen LogP contribution in [0.25, 0.3) is 5.57 Å². The van der Waals surface area contributed by atoms with Gasteiger partial charge in [0, 0.05) is 17.2 Å². The molecule has 102 valence electrons. The molecule has 0 unspecified atom stereocenters. The Morgan fingerprint density at radius 1 is 0.800 bits per heavy atom. The minimum Gasteiger partial charge on any atom is -0.289 e. The molecule has 0 radical (unpaired) electrons. The highest BCUT2D eigenvalue weighted by Crippen LogP contribution is 2.26. The van der Waals surface area contributed by atoms with E-state index in [4.69, 9.17) is 0 Å². The molecule has 2 rings (SSSR count). The molecule has 0 fully saturated rings. The second-order valence-corrected chi connectivity index (χ2v) is 4.16. The normalized spacial score (nSPS) is 12.2. The maximum atomic E-state index is 12.6. The van der Waals surface area contributed by atoms with Crippen LogP contribution in [0.1, 0.15) is 15.9 Å². The lowest BCUT2D eigenvalue weighted by Crippen LogP contribution is -2.09. The standard InChI is InChI=1S/C16H11F3O/c17-16(18,19)11-14(12-7-3-1-4-8-12)15(20)13-9-5-2-6-10-13/h1-11H. The number of halogens is 3. The molecular formula is C16H11F3O. The van der Waals surface area contributed by atoms with Crippen molar-refractivity contribution < 1.29 is 18.0 Å². The van der Waals surface area contributed by atoms with Crippen molar-refractivity contribution in [1.82, 2.24) is 0 Å². The summed E-state index contributed by atoms with van der Waals surface area (Å²) in [7, 11) is 0. The predicted octanol–water partition coefficient (Wildman–Crippen LogP) is 4.52. The molecule has 0 amide bonds. The Morgan fingerprint density at radius 3 is 1.70 bits per heavy atom. The van der Waals surface area contributed by atoms with Crippen LogP contribution in [-0.2, 0) is 0 Å². The van der Waals surface area contributed by atoms with E-state index in [9.17, 15) is 18.0 Å². The SMILES string of the molecule is O=C(C(=CC(F)(F)F)c1ccccc1)c1ccccc1. The summed E-state index contributed by atoms with van der Waals surface area (Å²) in [5.41, 5.74) is 0.120. The van der Waals surface area contributed by atoms with Crippen LogP contribution in [0.2, 0.25) is 0 Å². The van der Waals surface area contributed by atoms with Crippen molar-refractivity contribution in [3.8, 4) is 0 Å². The number of allylic oxidation sites excluding steroid dienone is 2. The Hall–Kier alpha value is -2.36. The Kier molecular flexibility index (Phi) is 4.03. The van der Waals surface area contributed by atoms with Crippen LogP contribution in [-0.4, -0.2) is 12.0 Å². The summed E-state index contributed by atoms with van der Waals surface area (Å²) in [5, 5.41) is 0. The summed E-state index contributed by atoms with van der Waals surface area (Å²) in [4.78, 5) is 12.3. The average Bonchev–Trinajstić information content (AvgIpc) is 2.45. The first kappa shape index (κ1) is 14.1. The zero-order chi connectivity index (χ0) is 14.6. The van der Waals surface area contributed by atoms with E-state index in [2.05, 4.69) is 0 Å². The summed E-state index contributed by atoms with van der Waals surface area (Å²) in [6.07, 6.45) is -4.49. The molecule has 1 nitrogen and oxygen atoms in total. The lowest BCUT2D eigenvalue weighted by Gasteiger charge is -2.09. The maximum absolute atomic E-state index is 12.6. The second-order valence-electron chi connectivity index (χ2n) is 4.16. The predicted molar refractivity (Wildman–Crippen MR) is 71.2 cm³/mol. The van der Waals surface area contributed by atoms with Gasteiger partial charge in [-0.1, -0.05) is 60.7 Å². The summed E-state index contributed by atoms with van der Waals surface area (Å²) in [6.45, 7) is 0. The Morgan fingerprint density at radius 2 is 1.25 bits per heavy atom. The Bertz CT molecular complexity index is 613. The smallest absolute Gasteiger partial charge is 0.289 e. The van der Waals surface area contributed by atoms with Crippen molar-refractivity contribution in [2.45, 2.75) is 6.18 Å². The van der Waals surface area contributed by atoms with Crippen LogP contribution in [0.5, 0.6) is 0 Å². The highest BCUT2D eigenvalue weighted by Gasteiger charge is 2.27. The second kappa shape index (κ2) is 5.74. The van der Waals surface area contributed by atoms with E-state index in [0.29, 0.717) is 0 Å². The van der Waals surface area contributed by atoms with Gasteiger partial charge in [0.15, 0.2) is 5.78 Å². The molecule has 0 spiro atoms. The molecule has 0 aromatic heterocycles. The van der Waals surface area contributed by atoms with Crippen molar-refractivity contribution in [2.24, 2.45) is 0 Å². The third kappa shape index (κ3) is 3.57. The van der Waals surface area contributed by atoms with Crippen molar-refractivity contribution >= 4 is 11.4 Å². The molecule has 20 heavy (non-hydrogen) atoms. The number of hydrogen-bond donors (Lipinski definition) is 0. The minimum atomic E-state index is -4.55. The van der Waals surface area contributed by atoms with Gasteiger partial charge in [0.1, 0.15) is 0 Å². The van der Waals surface area contributed by atoms with Gasteiger partial charge in [0.25, 0.3) is 0 Å². The number of ketones is 1. The molecule has 2 aromatic carbocycles. The van der Waals surface area contributed by atoms with Gasteiger partial charge in [0.05, 0.1) is 0 Å². The molecule has 0 atom stereocenters. The maximum Gasteiger partial charge on any atom is 0.410 e. The fourth-order valence-corrected chi connectivity index (χ4v) is 1.81. The molecule has 0 heterocycles. The summed E-state index contributed by atoms with van der Waals surface area (Å²) in [6, 6.07) is 15.8. The van der Waals surface area contributed by atoms with Gasteiger partial charge in [-0.25, -0.2) is 0 Å². The van der Waals surface area contributed by atoms with Crippen molar-refractivity contribution in [1.29, 1.82) is 0 Å². The molecule has 4 heteroatoms. The monoisotopic (exact) mass is 276 g/mol. The molecule has 0 bridgehead atoms. The van der Waals surface area contributed by atoms with Crippen LogP contribution >= 0.6 is 0 Å². The largest absolute Gasteiger partial charge is 0.410 e. The molecule has 0 saturated heterocycles. The molecule has 0 aliphatic rings. The Balaban J connectivity index is 2.49. The first-order chi connectivity index (χ1) is 9.47. The number of carbonyl (C=O) groups is 1. The van der Waals surface area contributed by atoms with Crippen molar-refractivity contribution in [2.75, 3.05) is 0 Å². The number of carbonyl (C=O) groups excluding carboxylic acids is 1. The number of alkyl halides is 3.